The highest BCUT2D eigenvalue weighted by Gasteiger charge is 2.10. The lowest BCUT2D eigenvalue weighted by molar-refractivity contribution is 0.398. The highest BCUT2D eigenvalue weighted by Crippen LogP contribution is 2.20. The van der Waals surface area contributed by atoms with Crippen LogP contribution >= 0.6 is 0 Å². The van der Waals surface area contributed by atoms with Gasteiger partial charge in [-0.2, -0.15) is 0 Å². The summed E-state index contributed by atoms with van der Waals surface area (Å²) in [4.78, 5) is 0. The molecule has 0 atom stereocenters. The predicted octanol–water partition coefficient (Wildman–Crippen LogP) is 10.8. The van der Waals surface area contributed by atoms with Crippen LogP contribution in [0.4, 0.5) is 0 Å². The Kier molecular flexibility index (Phi) is 18.5. The second-order valence-electron chi connectivity index (χ2n) is 13.6. The highest BCUT2D eigenvalue weighted by atomic mass is 14.2. The normalized spacial score (nSPS) is 11.4. The summed E-state index contributed by atoms with van der Waals surface area (Å²) in [7, 11) is 0. The van der Waals surface area contributed by atoms with E-state index in [9.17, 15) is 0 Å². The summed E-state index contributed by atoms with van der Waals surface area (Å²) in [6.07, 6.45) is 2.43. The lowest BCUT2D eigenvalue weighted by Gasteiger charge is -2.17. The van der Waals surface area contributed by atoms with Gasteiger partial charge in [-0.3, -0.25) is 0 Å². The Hall–Kier alpha value is -0.780. The zero-order valence-electron chi connectivity index (χ0n) is 22.7. The number of rotatable bonds is 1. The molecule has 0 radical (unpaired) electrons. The average molecular weight is 409 g/mol. The van der Waals surface area contributed by atoms with E-state index >= 15 is 0 Å². The van der Waals surface area contributed by atoms with Crippen LogP contribution in [0.2, 0.25) is 0 Å². The van der Waals surface area contributed by atoms with Gasteiger partial charge in [0.2, 0.25) is 0 Å². The molecule has 0 heterocycles. The first-order valence-electron chi connectivity index (χ1n) is 11.1. The van der Waals surface area contributed by atoms with Gasteiger partial charge in [-0.25, -0.2) is 0 Å². The molecule has 0 aliphatic carbocycles. The Bertz CT molecular complexity index is 437. The maximum Gasteiger partial charge on any atom is -0.0230 e. The number of hydrogen-bond donors (Lipinski definition) is 0. The van der Waals surface area contributed by atoms with Crippen LogP contribution in [-0.2, 0) is 6.42 Å². The summed E-state index contributed by atoms with van der Waals surface area (Å²) in [5.74, 6) is 0. The second kappa shape index (κ2) is 15.1. The minimum atomic E-state index is 0. The van der Waals surface area contributed by atoms with Gasteiger partial charge in [-0.05, 0) is 40.6 Å². The van der Waals surface area contributed by atoms with Crippen molar-refractivity contribution >= 4 is 0 Å². The van der Waals surface area contributed by atoms with Crippen LogP contribution in [0.3, 0.4) is 0 Å². The van der Waals surface area contributed by atoms with Crippen molar-refractivity contribution in [3.8, 4) is 0 Å². The zero-order chi connectivity index (χ0) is 23.4. The lowest BCUT2D eigenvalue weighted by Crippen LogP contribution is -2.08. The molecule has 1 aromatic carbocycles. The van der Waals surface area contributed by atoms with Gasteiger partial charge in [-0.1, -0.05) is 148 Å². The summed E-state index contributed by atoms with van der Waals surface area (Å²) in [6.45, 7) is 35.4. The molecule has 0 heteroatoms. The van der Waals surface area contributed by atoms with E-state index in [1.54, 1.807) is 0 Å². The molecule has 0 amide bonds. The van der Waals surface area contributed by atoms with Crippen molar-refractivity contribution in [2.24, 2.45) is 21.7 Å². The Labute approximate surface area is 188 Å². The van der Waals surface area contributed by atoms with Gasteiger partial charge in [0.1, 0.15) is 0 Å². The van der Waals surface area contributed by atoms with E-state index in [2.05, 4.69) is 135 Å². The van der Waals surface area contributed by atoms with Crippen LogP contribution in [-0.4, -0.2) is 0 Å². The largest absolute Gasteiger partial charge is 0.0776 e. The number of benzene rings is 1. The zero-order valence-corrected chi connectivity index (χ0v) is 22.7. The monoisotopic (exact) mass is 408 g/mol. The number of aryl methyl sites for hydroxylation is 1. The van der Waals surface area contributed by atoms with Crippen LogP contribution in [0.1, 0.15) is 129 Å². The molecule has 0 nitrogen and oxygen atoms in total. The van der Waals surface area contributed by atoms with Gasteiger partial charge >= 0.3 is 0 Å². The summed E-state index contributed by atoms with van der Waals surface area (Å²) in [5, 5.41) is 0. The number of hydrogen-bond acceptors (Lipinski definition) is 0. The Morgan fingerprint density at radius 1 is 0.552 bits per heavy atom. The molecule has 0 aromatic heterocycles. The maximum absolute atomic E-state index is 2.27. The molecule has 1 aromatic rings. The first-order valence-corrected chi connectivity index (χ1v) is 11.1. The van der Waals surface area contributed by atoms with E-state index in [1.165, 1.54) is 17.5 Å². The molecular formula is C29H60. The van der Waals surface area contributed by atoms with Gasteiger partial charge in [-0.15, -0.1) is 0 Å². The van der Waals surface area contributed by atoms with Crippen LogP contribution in [0.15, 0.2) is 24.3 Å². The van der Waals surface area contributed by atoms with Gasteiger partial charge in [0, 0.05) is 0 Å². The van der Waals surface area contributed by atoms with E-state index in [-0.39, 0.29) is 7.43 Å². The van der Waals surface area contributed by atoms with Gasteiger partial charge in [0.15, 0.2) is 0 Å². The molecule has 0 saturated carbocycles. The first-order chi connectivity index (χ1) is 12.0. The van der Waals surface area contributed by atoms with E-state index in [4.69, 9.17) is 0 Å². The standard InChI is InChI=1S/C12H18.C6H14.2C5H12.CH4/c1-10-5-7-11(8-6-10)9-12(2,3)4;1-5-6(2,3)4;2*1-5(2,3)4;/h5-8H,9H2,1-4H3;5H2,1-4H3;2*1-4H3;1H4. The minimum absolute atomic E-state index is 0. The molecule has 0 unspecified atom stereocenters. The van der Waals surface area contributed by atoms with Gasteiger partial charge in [0.05, 0.1) is 0 Å². The first kappa shape index (κ1) is 35.6. The van der Waals surface area contributed by atoms with Crippen LogP contribution < -0.4 is 0 Å². The Morgan fingerprint density at radius 3 is 0.966 bits per heavy atom. The Balaban J connectivity index is -0.000000157. The van der Waals surface area contributed by atoms with Gasteiger partial charge in [0.25, 0.3) is 0 Å². The quantitative estimate of drug-likeness (QED) is 0.433. The van der Waals surface area contributed by atoms with Crippen LogP contribution in [0, 0.1) is 28.6 Å². The highest BCUT2D eigenvalue weighted by molar-refractivity contribution is 5.22. The van der Waals surface area contributed by atoms with E-state index < -0.39 is 0 Å². The lowest BCUT2D eigenvalue weighted by atomic mass is 9.88. The molecule has 29 heavy (non-hydrogen) atoms. The third-order valence-corrected chi connectivity index (χ3v) is 2.92. The summed E-state index contributed by atoms with van der Waals surface area (Å²) >= 11 is 0. The van der Waals surface area contributed by atoms with E-state index in [1.807, 2.05) is 0 Å². The predicted molar refractivity (Wildman–Crippen MR) is 141 cm³/mol. The molecule has 0 aliphatic heterocycles. The SMILES string of the molecule is C.CC(C)(C)C.CC(C)(C)C.CCC(C)(C)C.Cc1ccc(CC(C)(C)C)cc1. The smallest absolute Gasteiger partial charge is 0.0230 e. The fourth-order valence-corrected chi connectivity index (χ4v) is 1.32. The third kappa shape index (κ3) is 58.4. The van der Waals surface area contributed by atoms with Crippen molar-refractivity contribution in [3.63, 3.8) is 0 Å². The fraction of sp³-hybridized carbons (Fsp3) is 0.793. The van der Waals surface area contributed by atoms with Crippen molar-refractivity contribution in [1.29, 1.82) is 0 Å². The van der Waals surface area contributed by atoms with Gasteiger partial charge < -0.3 is 0 Å². The average Bonchev–Trinajstić information content (AvgIpc) is 2.36. The molecule has 1 rings (SSSR count). The Morgan fingerprint density at radius 2 is 0.793 bits per heavy atom. The van der Waals surface area contributed by atoms with Crippen molar-refractivity contribution < 1.29 is 0 Å². The fourth-order valence-electron chi connectivity index (χ4n) is 1.32. The molecule has 0 saturated heterocycles. The van der Waals surface area contributed by atoms with Crippen molar-refractivity contribution in [1.82, 2.24) is 0 Å². The topological polar surface area (TPSA) is 0 Å². The van der Waals surface area contributed by atoms with Crippen LogP contribution in [0.5, 0.6) is 0 Å². The summed E-state index contributed by atoms with van der Waals surface area (Å²) in [6, 6.07) is 8.81. The van der Waals surface area contributed by atoms with Crippen molar-refractivity contribution in [2.45, 2.75) is 131 Å². The van der Waals surface area contributed by atoms with Crippen LogP contribution in [0.25, 0.3) is 0 Å². The third-order valence-electron chi connectivity index (χ3n) is 2.92. The van der Waals surface area contributed by atoms with E-state index in [0.717, 1.165) is 6.42 Å². The molecular weight excluding hydrogens is 348 g/mol. The molecule has 0 aliphatic rings. The molecule has 176 valence electrons. The van der Waals surface area contributed by atoms with E-state index in [0.29, 0.717) is 21.7 Å². The second-order valence-corrected chi connectivity index (χ2v) is 13.6. The molecule has 0 bridgehead atoms. The minimum Gasteiger partial charge on any atom is -0.0776 e. The maximum atomic E-state index is 2.27. The molecule has 0 N–H and O–H groups in total. The summed E-state index contributed by atoms with van der Waals surface area (Å²) < 4.78 is 0. The summed E-state index contributed by atoms with van der Waals surface area (Å²) in [5.41, 5.74) is 4.72. The molecule has 0 spiro atoms. The van der Waals surface area contributed by atoms with Crippen molar-refractivity contribution in [3.05, 3.63) is 35.4 Å². The van der Waals surface area contributed by atoms with Crippen molar-refractivity contribution in [2.75, 3.05) is 0 Å². The molecule has 0 fully saturated rings.